The number of aromatic amines is 1. The van der Waals surface area contributed by atoms with Crippen LogP contribution in [-0.4, -0.2) is 4.98 Å². The highest BCUT2D eigenvalue weighted by Gasteiger charge is 2.03. The first-order chi connectivity index (χ1) is 7.58. The lowest BCUT2D eigenvalue weighted by atomic mass is 10.1. The van der Waals surface area contributed by atoms with Crippen molar-refractivity contribution in [1.82, 2.24) is 4.98 Å². The van der Waals surface area contributed by atoms with Gasteiger partial charge in [0.05, 0.1) is 0 Å². The van der Waals surface area contributed by atoms with E-state index >= 15 is 0 Å². The standard InChI is InChI=1S/C12H15N.C3H8.H2/c1-8(2)12-7-10-6-9(3)4-5-11(10)13-12;1-3-2;/h4-8,13H,1-3H3;3H2,1-2H3;1H. The fraction of sp³-hybridized carbons (Fsp3) is 0.467. The van der Waals surface area contributed by atoms with Crippen molar-refractivity contribution in [3.63, 3.8) is 0 Å². The molecule has 0 aliphatic rings. The van der Waals surface area contributed by atoms with Crippen molar-refractivity contribution in [1.29, 1.82) is 0 Å². The number of aromatic nitrogens is 1. The van der Waals surface area contributed by atoms with E-state index in [-0.39, 0.29) is 1.43 Å². The molecule has 1 nitrogen and oxygen atoms in total. The first-order valence-electron chi connectivity index (χ1n) is 6.17. The molecule has 90 valence electrons. The summed E-state index contributed by atoms with van der Waals surface area (Å²) in [5.41, 5.74) is 3.89. The van der Waals surface area contributed by atoms with Crippen LogP contribution in [0.4, 0.5) is 0 Å². The molecule has 1 heterocycles. The average Bonchev–Trinajstić information content (AvgIpc) is 2.61. The summed E-state index contributed by atoms with van der Waals surface area (Å²) in [5.74, 6) is 0.577. The molecule has 0 aliphatic carbocycles. The molecule has 2 aromatic rings. The molecule has 0 unspecified atom stereocenters. The number of hydrogen-bond donors (Lipinski definition) is 1. The van der Waals surface area contributed by atoms with Gasteiger partial charge in [0.2, 0.25) is 0 Å². The molecule has 0 bridgehead atoms. The lowest BCUT2D eigenvalue weighted by molar-refractivity contribution is 0.836. The van der Waals surface area contributed by atoms with Gasteiger partial charge >= 0.3 is 0 Å². The second kappa shape index (κ2) is 5.74. The van der Waals surface area contributed by atoms with E-state index in [1.807, 2.05) is 0 Å². The summed E-state index contributed by atoms with van der Waals surface area (Å²) in [6.45, 7) is 10.8. The summed E-state index contributed by atoms with van der Waals surface area (Å²) in [6.07, 6.45) is 1.25. The zero-order valence-electron chi connectivity index (χ0n) is 11.1. The smallest absolute Gasteiger partial charge is 0.0456 e. The van der Waals surface area contributed by atoms with Gasteiger partial charge in [0.25, 0.3) is 0 Å². The highest BCUT2D eigenvalue weighted by atomic mass is 14.7. The molecule has 0 atom stereocenters. The number of rotatable bonds is 1. The van der Waals surface area contributed by atoms with Gasteiger partial charge in [-0.15, -0.1) is 0 Å². The molecule has 0 saturated carbocycles. The van der Waals surface area contributed by atoms with Crippen LogP contribution in [0, 0.1) is 6.92 Å². The van der Waals surface area contributed by atoms with E-state index in [0.717, 1.165) is 0 Å². The van der Waals surface area contributed by atoms with Crippen molar-refractivity contribution in [2.24, 2.45) is 0 Å². The highest BCUT2D eigenvalue weighted by molar-refractivity contribution is 5.81. The van der Waals surface area contributed by atoms with Gasteiger partial charge in [0.1, 0.15) is 0 Å². The third-order valence-corrected chi connectivity index (χ3v) is 2.42. The van der Waals surface area contributed by atoms with Gasteiger partial charge in [-0.05, 0) is 36.4 Å². The van der Waals surface area contributed by atoms with Gasteiger partial charge in [0, 0.05) is 12.6 Å². The van der Waals surface area contributed by atoms with Gasteiger partial charge in [-0.1, -0.05) is 45.7 Å². The first-order valence-corrected chi connectivity index (χ1v) is 6.17. The van der Waals surface area contributed by atoms with Crippen LogP contribution in [0.5, 0.6) is 0 Å². The van der Waals surface area contributed by atoms with Gasteiger partial charge in [0.15, 0.2) is 0 Å². The minimum atomic E-state index is 0. The molecule has 0 spiro atoms. The average molecular weight is 219 g/mol. The second-order valence-electron chi connectivity index (χ2n) is 4.68. The molecule has 0 amide bonds. The van der Waals surface area contributed by atoms with E-state index in [1.165, 1.54) is 28.6 Å². The van der Waals surface area contributed by atoms with Crippen molar-refractivity contribution >= 4 is 10.9 Å². The number of hydrogen-bond acceptors (Lipinski definition) is 0. The van der Waals surface area contributed by atoms with Crippen molar-refractivity contribution < 1.29 is 1.43 Å². The Kier molecular flexibility index (Phi) is 4.60. The molecular weight excluding hydrogens is 194 g/mol. The molecule has 0 radical (unpaired) electrons. The second-order valence-corrected chi connectivity index (χ2v) is 4.68. The minimum Gasteiger partial charge on any atom is -0.358 e. The number of nitrogens with one attached hydrogen (secondary N) is 1. The number of H-pyrrole nitrogens is 1. The van der Waals surface area contributed by atoms with Crippen molar-refractivity contribution in [3.8, 4) is 0 Å². The van der Waals surface area contributed by atoms with Crippen LogP contribution < -0.4 is 0 Å². The van der Waals surface area contributed by atoms with Gasteiger partial charge in [-0.3, -0.25) is 0 Å². The van der Waals surface area contributed by atoms with E-state index in [0.29, 0.717) is 5.92 Å². The molecule has 1 heteroatoms. The Morgan fingerprint density at radius 1 is 1.19 bits per heavy atom. The molecular formula is C15H25N. The van der Waals surface area contributed by atoms with Crippen molar-refractivity contribution in [2.45, 2.75) is 47.0 Å². The lowest BCUT2D eigenvalue weighted by Crippen LogP contribution is -1.84. The lowest BCUT2D eigenvalue weighted by Gasteiger charge is -1.97. The number of fused-ring (bicyclic) bond motifs is 1. The molecule has 1 N–H and O–H groups in total. The maximum atomic E-state index is 3.42. The summed E-state index contributed by atoms with van der Waals surface area (Å²) >= 11 is 0. The Bertz CT molecular complexity index is 443. The Labute approximate surface area is 100 Å². The maximum absolute atomic E-state index is 3.42. The van der Waals surface area contributed by atoms with E-state index in [1.54, 1.807) is 0 Å². The molecule has 1 aromatic heterocycles. The van der Waals surface area contributed by atoms with Crippen LogP contribution in [-0.2, 0) is 0 Å². The van der Waals surface area contributed by atoms with Crippen molar-refractivity contribution in [2.75, 3.05) is 0 Å². The minimum absolute atomic E-state index is 0. The zero-order chi connectivity index (χ0) is 12.1. The third-order valence-electron chi connectivity index (χ3n) is 2.42. The third kappa shape index (κ3) is 3.13. The molecule has 0 saturated heterocycles. The molecule has 0 fully saturated rings. The molecule has 2 rings (SSSR count). The quantitative estimate of drug-likeness (QED) is 0.673. The molecule has 16 heavy (non-hydrogen) atoms. The number of aryl methyl sites for hydroxylation is 1. The first kappa shape index (κ1) is 12.8. The van der Waals surface area contributed by atoms with E-state index in [4.69, 9.17) is 0 Å². The summed E-state index contributed by atoms with van der Waals surface area (Å²) < 4.78 is 0. The van der Waals surface area contributed by atoms with Crippen LogP contribution in [0.25, 0.3) is 10.9 Å². The van der Waals surface area contributed by atoms with Gasteiger partial charge in [-0.25, -0.2) is 0 Å². The fourth-order valence-electron chi connectivity index (χ4n) is 1.59. The van der Waals surface area contributed by atoms with E-state index in [2.05, 4.69) is 63.9 Å². The summed E-state index contributed by atoms with van der Waals surface area (Å²) in [7, 11) is 0. The summed E-state index contributed by atoms with van der Waals surface area (Å²) in [6, 6.07) is 8.75. The Hall–Kier alpha value is -1.24. The predicted octanol–water partition coefficient (Wildman–Crippen LogP) is 5.26. The van der Waals surface area contributed by atoms with Gasteiger partial charge < -0.3 is 4.98 Å². The van der Waals surface area contributed by atoms with Crippen molar-refractivity contribution in [3.05, 3.63) is 35.5 Å². The zero-order valence-corrected chi connectivity index (χ0v) is 11.1. The Morgan fingerprint density at radius 2 is 1.81 bits per heavy atom. The summed E-state index contributed by atoms with van der Waals surface area (Å²) in [5, 5.41) is 1.32. The highest BCUT2D eigenvalue weighted by Crippen LogP contribution is 2.21. The Morgan fingerprint density at radius 3 is 2.38 bits per heavy atom. The number of benzene rings is 1. The monoisotopic (exact) mass is 219 g/mol. The van der Waals surface area contributed by atoms with Gasteiger partial charge in [-0.2, -0.15) is 0 Å². The van der Waals surface area contributed by atoms with Crippen LogP contribution >= 0.6 is 0 Å². The van der Waals surface area contributed by atoms with E-state index in [9.17, 15) is 0 Å². The fourth-order valence-corrected chi connectivity index (χ4v) is 1.59. The predicted molar refractivity (Wildman–Crippen MR) is 75.2 cm³/mol. The maximum Gasteiger partial charge on any atom is 0.0456 e. The van der Waals surface area contributed by atoms with Crippen LogP contribution in [0.15, 0.2) is 24.3 Å². The molecule has 0 aliphatic heterocycles. The Balaban J connectivity index is 0.000000583. The topological polar surface area (TPSA) is 15.8 Å². The SMILES string of the molecule is CCC.Cc1ccc2[nH]c(C(C)C)cc2c1.[HH]. The van der Waals surface area contributed by atoms with E-state index < -0.39 is 0 Å². The molecule has 1 aromatic carbocycles. The summed E-state index contributed by atoms with van der Waals surface area (Å²) in [4.78, 5) is 3.42. The van der Waals surface area contributed by atoms with Crippen LogP contribution in [0.2, 0.25) is 0 Å². The largest absolute Gasteiger partial charge is 0.358 e. The van der Waals surface area contributed by atoms with Crippen LogP contribution in [0.1, 0.15) is 52.7 Å². The normalized spacial score (nSPS) is 10.4. The van der Waals surface area contributed by atoms with Crippen LogP contribution in [0.3, 0.4) is 0 Å².